The number of Topliss-reactive ketones (excluding diaryl/α,β-unsaturated/α-hetero) is 1. The van der Waals surface area contributed by atoms with Gasteiger partial charge in [0, 0.05) is 29.7 Å². The monoisotopic (exact) mass is 872 g/mol. The molecule has 1 spiro atoms. The van der Waals surface area contributed by atoms with Gasteiger partial charge < -0.3 is 18.8 Å². The van der Waals surface area contributed by atoms with Crippen molar-refractivity contribution in [3.8, 4) is 5.75 Å². The standard InChI is InChI=1S/C47H74F5NO4SSi/c1-32(2)43(3,4)59(7,8)57-39-31-38-41-35(20-22-44(38,5)45(39)23-24-45)34-19-18-33(56-40-17-11-13-27-55-40)30-37(34)42(54)36(41)16-10-9-12-25-53(6)26-15-29-58-28-14-21-46(48,49)47(50,51)52/h18-19,30,32,35-36,38-41H,9-17,20-29,31H2,1-8H3/t35?,36-,38?,39+,40?,41?,44-/m0/s1. The van der Waals surface area contributed by atoms with Crippen LogP contribution in [0.2, 0.25) is 18.1 Å². The Labute approximate surface area is 357 Å². The summed E-state index contributed by atoms with van der Waals surface area (Å²) in [5, 5.41) is 0.142. The predicted octanol–water partition coefficient (Wildman–Crippen LogP) is 13.3. The Morgan fingerprint density at radius 3 is 2.34 bits per heavy atom. The maximum absolute atomic E-state index is 15.0. The number of alkyl halides is 5. The third-order valence-electron chi connectivity index (χ3n) is 16.6. The van der Waals surface area contributed by atoms with Gasteiger partial charge >= 0.3 is 12.1 Å². The number of fused-ring (bicyclic) bond motifs is 6. The van der Waals surface area contributed by atoms with Crippen LogP contribution in [0.15, 0.2) is 18.2 Å². The van der Waals surface area contributed by atoms with Gasteiger partial charge in [-0.25, -0.2) is 0 Å². The first-order valence-corrected chi connectivity index (χ1v) is 27.1. The first-order valence-electron chi connectivity index (χ1n) is 23.0. The van der Waals surface area contributed by atoms with Gasteiger partial charge in [0.1, 0.15) is 5.75 Å². The number of halogens is 5. The number of carbonyl (C=O) groups is 1. The first-order chi connectivity index (χ1) is 27.7. The SMILES string of the molecule is CC(C)C(C)(C)[Si](C)(C)O[C@@H]1CC2C3C(CC[C@]2(C)C12CC2)c1ccc(OC2CCCCO2)cc1C(=O)[C@H]3CCCCCN(C)CCCSCCCC(F)(F)C(F)(F)F. The van der Waals surface area contributed by atoms with Gasteiger partial charge in [-0.3, -0.25) is 4.79 Å². The van der Waals surface area contributed by atoms with Gasteiger partial charge in [-0.1, -0.05) is 53.5 Å². The number of ether oxygens (including phenoxy) is 2. The lowest BCUT2D eigenvalue weighted by Gasteiger charge is -2.53. The maximum Gasteiger partial charge on any atom is 0.453 e. The smallest absolute Gasteiger partial charge is 0.453 e. The van der Waals surface area contributed by atoms with Crippen LogP contribution in [0.25, 0.3) is 0 Å². The Kier molecular flexibility index (Phi) is 14.8. The fourth-order valence-electron chi connectivity index (χ4n) is 11.6. The summed E-state index contributed by atoms with van der Waals surface area (Å²) < 4.78 is 83.4. The molecule has 7 atom stereocenters. The van der Waals surface area contributed by atoms with E-state index in [4.69, 9.17) is 13.9 Å². The summed E-state index contributed by atoms with van der Waals surface area (Å²) in [5.41, 5.74) is 2.46. The van der Waals surface area contributed by atoms with E-state index in [1.54, 1.807) is 0 Å². The van der Waals surface area contributed by atoms with Crippen LogP contribution in [0, 0.1) is 34.5 Å². The molecule has 5 aliphatic rings. The highest BCUT2D eigenvalue weighted by Crippen LogP contribution is 2.77. The van der Waals surface area contributed by atoms with Crippen molar-refractivity contribution in [2.75, 3.05) is 38.2 Å². The zero-order valence-electron chi connectivity index (χ0n) is 37.3. The molecule has 4 fully saturated rings. The first kappa shape index (κ1) is 47.3. The van der Waals surface area contributed by atoms with Gasteiger partial charge in [0.2, 0.25) is 0 Å². The van der Waals surface area contributed by atoms with Crippen molar-refractivity contribution < 1.29 is 40.6 Å². The van der Waals surface area contributed by atoms with Crippen LogP contribution in [-0.2, 0) is 9.16 Å². The molecular formula is C47H74F5NO4SSi. The highest BCUT2D eigenvalue weighted by molar-refractivity contribution is 7.99. The Hall–Kier alpha value is -1.21. The fraction of sp³-hybridized carbons (Fsp3) is 0.851. The number of carbonyl (C=O) groups excluding carboxylic acids is 1. The molecule has 3 saturated carbocycles. The van der Waals surface area contributed by atoms with Crippen molar-refractivity contribution in [2.45, 2.75) is 179 Å². The zero-order chi connectivity index (χ0) is 43.0. The molecule has 1 aliphatic heterocycles. The minimum absolute atomic E-state index is 0.0314. The van der Waals surface area contributed by atoms with E-state index in [1.165, 1.54) is 36.6 Å². The summed E-state index contributed by atoms with van der Waals surface area (Å²) in [4.78, 5) is 17.2. The quantitative estimate of drug-likeness (QED) is 0.0739. The van der Waals surface area contributed by atoms with Crippen molar-refractivity contribution in [3.05, 3.63) is 29.3 Å². The summed E-state index contributed by atoms with van der Waals surface area (Å²) in [6.07, 6.45) is 6.83. The Bertz CT molecular complexity index is 1580. The molecule has 0 aromatic heterocycles. The normalized spacial score (nSPS) is 29.5. The van der Waals surface area contributed by atoms with E-state index in [1.807, 2.05) is 6.07 Å². The van der Waals surface area contributed by atoms with Crippen LogP contribution >= 0.6 is 11.8 Å². The highest BCUT2D eigenvalue weighted by atomic mass is 32.2. The van der Waals surface area contributed by atoms with Crippen LogP contribution in [0.5, 0.6) is 5.75 Å². The summed E-state index contributed by atoms with van der Waals surface area (Å²) >= 11 is 1.44. The number of ketones is 1. The molecule has 1 heterocycles. The number of rotatable bonds is 20. The van der Waals surface area contributed by atoms with Gasteiger partial charge in [-0.2, -0.15) is 33.7 Å². The number of hydrogen-bond donors (Lipinski definition) is 0. The van der Waals surface area contributed by atoms with E-state index >= 15 is 0 Å². The number of benzene rings is 1. The molecule has 59 heavy (non-hydrogen) atoms. The van der Waals surface area contributed by atoms with E-state index in [0.29, 0.717) is 41.8 Å². The van der Waals surface area contributed by atoms with Crippen molar-refractivity contribution in [3.63, 3.8) is 0 Å². The highest BCUT2D eigenvalue weighted by Gasteiger charge is 2.73. The third-order valence-corrected chi connectivity index (χ3v) is 22.3. The molecule has 0 bridgehead atoms. The van der Waals surface area contributed by atoms with Crippen LogP contribution in [0.3, 0.4) is 0 Å². The molecule has 12 heteroatoms. The average molecular weight is 872 g/mol. The number of hydrogen-bond acceptors (Lipinski definition) is 6. The second-order valence-electron chi connectivity index (χ2n) is 20.7. The second-order valence-corrected chi connectivity index (χ2v) is 26.5. The van der Waals surface area contributed by atoms with E-state index in [0.717, 1.165) is 94.4 Å². The molecule has 4 aliphatic carbocycles. The van der Waals surface area contributed by atoms with Gasteiger partial charge in [0.15, 0.2) is 20.4 Å². The number of nitrogens with zero attached hydrogens (tertiary/aromatic N) is 1. The van der Waals surface area contributed by atoms with E-state index in [9.17, 15) is 26.7 Å². The molecule has 0 N–H and O–H groups in total. The lowest BCUT2D eigenvalue weighted by molar-refractivity contribution is -0.284. The van der Waals surface area contributed by atoms with Gasteiger partial charge in [0.05, 0.1) is 12.7 Å². The van der Waals surface area contributed by atoms with Crippen LogP contribution < -0.4 is 4.74 Å². The molecule has 6 rings (SSSR count). The van der Waals surface area contributed by atoms with Crippen LogP contribution in [0.4, 0.5) is 22.0 Å². The number of thioether (sulfide) groups is 1. The molecule has 0 amide bonds. The van der Waals surface area contributed by atoms with E-state index < -0.39 is 26.8 Å². The molecule has 4 unspecified atom stereocenters. The molecule has 1 aromatic rings. The predicted molar refractivity (Wildman–Crippen MR) is 231 cm³/mol. The maximum atomic E-state index is 15.0. The Morgan fingerprint density at radius 1 is 0.966 bits per heavy atom. The van der Waals surface area contributed by atoms with Crippen molar-refractivity contribution in [2.24, 2.45) is 34.5 Å². The zero-order valence-corrected chi connectivity index (χ0v) is 39.1. The molecule has 1 saturated heterocycles. The minimum Gasteiger partial charge on any atom is -0.465 e. The third kappa shape index (κ3) is 9.81. The molecule has 0 radical (unpaired) electrons. The molecule has 336 valence electrons. The largest absolute Gasteiger partial charge is 0.465 e. The summed E-state index contributed by atoms with van der Waals surface area (Å²) in [5.74, 6) is -0.946. The van der Waals surface area contributed by atoms with Gasteiger partial charge in [-0.05, 0) is 167 Å². The van der Waals surface area contributed by atoms with Crippen molar-refractivity contribution in [1.82, 2.24) is 4.90 Å². The van der Waals surface area contributed by atoms with Crippen LogP contribution in [-0.4, -0.2) is 81.7 Å². The lowest BCUT2D eigenvalue weighted by Crippen LogP contribution is -2.50. The fourth-order valence-corrected chi connectivity index (χ4v) is 15.2. The van der Waals surface area contributed by atoms with E-state index in [-0.39, 0.29) is 40.6 Å². The Morgan fingerprint density at radius 2 is 1.68 bits per heavy atom. The topological polar surface area (TPSA) is 48.0 Å². The second kappa shape index (κ2) is 18.5. The lowest BCUT2D eigenvalue weighted by atomic mass is 9.50. The molecular weight excluding hydrogens is 798 g/mol. The number of unbranched alkanes of at least 4 members (excludes halogenated alkanes) is 2. The minimum atomic E-state index is -5.47. The molecule has 5 nitrogen and oxygen atoms in total. The van der Waals surface area contributed by atoms with Gasteiger partial charge in [-0.15, -0.1) is 0 Å². The summed E-state index contributed by atoms with van der Waals surface area (Å²) in [6, 6.07) is 6.32. The summed E-state index contributed by atoms with van der Waals surface area (Å²) in [7, 11) is -0.00168. The van der Waals surface area contributed by atoms with Crippen molar-refractivity contribution in [1.29, 1.82) is 0 Å². The van der Waals surface area contributed by atoms with Crippen molar-refractivity contribution >= 4 is 25.9 Å². The Balaban J connectivity index is 1.10. The van der Waals surface area contributed by atoms with Gasteiger partial charge in [0.25, 0.3) is 0 Å². The summed E-state index contributed by atoms with van der Waals surface area (Å²) in [6.45, 7) is 19.4. The van der Waals surface area contributed by atoms with E-state index in [2.05, 4.69) is 71.8 Å². The average Bonchev–Trinajstić information content (AvgIpc) is 3.95. The van der Waals surface area contributed by atoms with Crippen LogP contribution in [0.1, 0.15) is 153 Å². The molecule has 1 aromatic carbocycles.